The lowest BCUT2D eigenvalue weighted by atomic mass is 10.2. The predicted octanol–water partition coefficient (Wildman–Crippen LogP) is 1.33. The monoisotopic (exact) mass is 272 g/mol. The molecule has 0 amide bonds. The van der Waals surface area contributed by atoms with Gasteiger partial charge in [-0.2, -0.15) is 0 Å². The molecule has 0 aliphatic heterocycles. The third-order valence-electron chi connectivity index (χ3n) is 2.47. The number of rotatable bonds is 6. The van der Waals surface area contributed by atoms with E-state index < -0.39 is 21.7 Å². The third kappa shape index (κ3) is 4.37. The molecule has 100 valence electrons. The summed E-state index contributed by atoms with van der Waals surface area (Å²) >= 11 is 0. The molecule has 0 saturated carbocycles. The van der Waals surface area contributed by atoms with Gasteiger partial charge in [-0.25, -0.2) is 8.42 Å². The van der Waals surface area contributed by atoms with Crippen molar-refractivity contribution in [1.29, 1.82) is 0 Å². The zero-order valence-electron chi connectivity index (χ0n) is 10.3. The van der Waals surface area contributed by atoms with Crippen molar-refractivity contribution in [3.8, 4) is 5.75 Å². The average Bonchev–Trinajstić information content (AvgIpc) is 2.28. The molecule has 0 saturated heterocycles. The van der Waals surface area contributed by atoms with E-state index in [1.807, 2.05) is 0 Å². The largest absolute Gasteiger partial charge is 0.497 e. The van der Waals surface area contributed by atoms with Crippen LogP contribution in [0.25, 0.3) is 0 Å². The van der Waals surface area contributed by atoms with E-state index in [4.69, 9.17) is 9.84 Å². The van der Waals surface area contributed by atoms with Gasteiger partial charge in [0, 0.05) is 0 Å². The van der Waals surface area contributed by atoms with Crippen molar-refractivity contribution in [3.05, 3.63) is 29.8 Å². The normalized spacial score (nSPS) is 13.0. The van der Waals surface area contributed by atoms with Crippen LogP contribution in [-0.2, 0) is 20.4 Å². The van der Waals surface area contributed by atoms with E-state index in [1.165, 1.54) is 14.0 Å². The van der Waals surface area contributed by atoms with Crippen molar-refractivity contribution >= 4 is 15.8 Å². The first-order chi connectivity index (χ1) is 8.34. The van der Waals surface area contributed by atoms with Gasteiger partial charge in [0.1, 0.15) is 5.75 Å². The minimum absolute atomic E-state index is 0.158. The van der Waals surface area contributed by atoms with Gasteiger partial charge in [-0.1, -0.05) is 19.1 Å². The van der Waals surface area contributed by atoms with Crippen molar-refractivity contribution in [1.82, 2.24) is 0 Å². The fourth-order valence-electron chi connectivity index (χ4n) is 1.49. The molecule has 18 heavy (non-hydrogen) atoms. The number of carboxylic acids is 1. The molecule has 1 aromatic rings. The van der Waals surface area contributed by atoms with Gasteiger partial charge in [-0.15, -0.1) is 0 Å². The lowest BCUT2D eigenvalue weighted by Gasteiger charge is -2.08. The number of hydrogen-bond donors (Lipinski definition) is 1. The van der Waals surface area contributed by atoms with Crippen LogP contribution in [0.5, 0.6) is 5.75 Å². The van der Waals surface area contributed by atoms with Crippen LogP contribution in [0, 0.1) is 5.92 Å². The molecule has 0 spiro atoms. The van der Waals surface area contributed by atoms with Crippen LogP contribution in [0.4, 0.5) is 0 Å². The van der Waals surface area contributed by atoms with E-state index in [1.54, 1.807) is 24.3 Å². The van der Waals surface area contributed by atoms with E-state index in [9.17, 15) is 13.2 Å². The lowest BCUT2D eigenvalue weighted by molar-refractivity contribution is -0.140. The fourth-order valence-corrected chi connectivity index (χ4v) is 3.21. The number of carbonyl (C=O) groups is 1. The second-order valence-electron chi connectivity index (χ2n) is 4.14. The Hall–Kier alpha value is -1.56. The Kier molecular flexibility index (Phi) is 4.72. The number of carboxylic acid groups (broad SMARTS) is 1. The fraction of sp³-hybridized carbons (Fsp3) is 0.417. The van der Waals surface area contributed by atoms with Gasteiger partial charge in [-0.3, -0.25) is 4.79 Å². The summed E-state index contributed by atoms with van der Waals surface area (Å²) in [5, 5.41) is 8.70. The Balaban J connectivity index is 2.73. The van der Waals surface area contributed by atoms with Crippen LogP contribution >= 0.6 is 0 Å². The summed E-state index contributed by atoms with van der Waals surface area (Å²) in [6.07, 6.45) is 0. The first-order valence-corrected chi connectivity index (χ1v) is 7.22. The Morgan fingerprint density at radius 1 is 1.33 bits per heavy atom. The van der Waals surface area contributed by atoms with Crippen LogP contribution in [-0.4, -0.2) is 32.4 Å². The summed E-state index contributed by atoms with van der Waals surface area (Å²) in [7, 11) is -1.89. The summed E-state index contributed by atoms with van der Waals surface area (Å²) in [5.41, 5.74) is 0.619. The molecule has 0 aliphatic rings. The average molecular weight is 272 g/mol. The first-order valence-electron chi connectivity index (χ1n) is 5.40. The number of aliphatic carboxylic acids is 1. The van der Waals surface area contributed by atoms with Gasteiger partial charge in [0.2, 0.25) is 0 Å². The molecule has 0 radical (unpaired) electrons. The lowest BCUT2D eigenvalue weighted by Crippen LogP contribution is -2.22. The highest BCUT2D eigenvalue weighted by Gasteiger charge is 2.21. The Morgan fingerprint density at radius 2 is 1.89 bits per heavy atom. The van der Waals surface area contributed by atoms with Crippen molar-refractivity contribution in [2.45, 2.75) is 12.7 Å². The van der Waals surface area contributed by atoms with E-state index >= 15 is 0 Å². The van der Waals surface area contributed by atoms with E-state index in [2.05, 4.69) is 0 Å². The van der Waals surface area contributed by atoms with Crippen molar-refractivity contribution in [3.63, 3.8) is 0 Å². The topological polar surface area (TPSA) is 80.7 Å². The first kappa shape index (κ1) is 14.5. The highest BCUT2D eigenvalue weighted by atomic mass is 32.2. The van der Waals surface area contributed by atoms with Gasteiger partial charge in [0.25, 0.3) is 0 Å². The summed E-state index contributed by atoms with van der Waals surface area (Å²) < 4.78 is 28.5. The quantitative estimate of drug-likeness (QED) is 0.845. The van der Waals surface area contributed by atoms with E-state index in [-0.39, 0.29) is 11.5 Å². The molecular weight excluding hydrogens is 256 g/mol. The maximum absolute atomic E-state index is 11.8. The highest BCUT2D eigenvalue weighted by Crippen LogP contribution is 2.15. The Morgan fingerprint density at radius 3 is 2.33 bits per heavy atom. The second-order valence-corrected chi connectivity index (χ2v) is 6.25. The predicted molar refractivity (Wildman–Crippen MR) is 67.3 cm³/mol. The summed E-state index contributed by atoms with van der Waals surface area (Å²) in [6, 6.07) is 6.65. The minimum Gasteiger partial charge on any atom is -0.497 e. The molecule has 5 nitrogen and oxygen atoms in total. The number of sulfone groups is 1. The van der Waals surface area contributed by atoms with Crippen molar-refractivity contribution in [2.75, 3.05) is 12.9 Å². The number of hydrogen-bond acceptors (Lipinski definition) is 4. The molecule has 1 rings (SSSR count). The molecule has 1 aromatic carbocycles. The molecule has 0 aliphatic carbocycles. The smallest absolute Gasteiger partial charge is 0.307 e. The minimum atomic E-state index is -3.42. The molecule has 0 heterocycles. The Bertz CT molecular complexity index is 504. The van der Waals surface area contributed by atoms with E-state index in [0.717, 1.165) is 0 Å². The standard InChI is InChI=1S/C12H16O5S/c1-9(12(13)14)7-18(15,16)8-10-3-5-11(17-2)6-4-10/h3-6,9H,7-8H2,1-2H3,(H,13,14). The van der Waals surface area contributed by atoms with Gasteiger partial charge >= 0.3 is 5.97 Å². The maximum atomic E-state index is 11.8. The molecule has 6 heteroatoms. The van der Waals surface area contributed by atoms with Gasteiger partial charge in [0.15, 0.2) is 9.84 Å². The summed E-state index contributed by atoms with van der Waals surface area (Å²) in [6.45, 7) is 1.38. The molecule has 0 fully saturated rings. The Labute approximate surface area is 106 Å². The summed E-state index contributed by atoms with van der Waals surface area (Å²) in [4.78, 5) is 10.6. The van der Waals surface area contributed by atoms with Crippen molar-refractivity contribution < 1.29 is 23.1 Å². The van der Waals surface area contributed by atoms with E-state index in [0.29, 0.717) is 11.3 Å². The molecule has 1 atom stereocenters. The van der Waals surface area contributed by atoms with Gasteiger partial charge < -0.3 is 9.84 Å². The van der Waals surface area contributed by atoms with Crippen LogP contribution in [0.15, 0.2) is 24.3 Å². The molecule has 1 unspecified atom stereocenters. The molecule has 0 aromatic heterocycles. The summed E-state index contributed by atoms with van der Waals surface area (Å²) in [5.74, 6) is -1.86. The zero-order chi connectivity index (χ0) is 13.8. The van der Waals surface area contributed by atoms with Gasteiger partial charge in [0.05, 0.1) is 24.5 Å². The molecule has 0 bridgehead atoms. The maximum Gasteiger partial charge on any atom is 0.307 e. The molecule has 1 N–H and O–H groups in total. The highest BCUT2D eigenvalue weighted by molar-refractivity contribution is 7.90. The number of methoxy groups -OCH3 is 1. The zero-order valence-corrected chi connectivity index (χ0v) is 11.1. The van der Waals surface area contributed by atoms with Crippen LogP contribution in [0.1, 0.15) is 12.5 Å². The number of ether oxygens (including phenoxy) is 1. The molecular formula is C12H16O5S. The van der Waals surface area contributed by atoms with Crippen LogP contribution in [0.2, 0.25) is 0 Å². The SMILES string of the molecule is COc1ccc(CS(=O)(=O)CC(C)C(=O)O)cc1. The van der Waals surface area contributed by atoms with Crippen LogP contribution in [0.3, 0.4) is 0 Å². The third-order valence-corrected chi connectivity index (χ3v) is 4.25. The van der Waals surface area contributed by atoms with Gasteiger partial charge in [-0.05, 0) is 17.7 Å². The van der Waals surface area contributed by atoms with Crippen LogP contribution < -0.4 is 4.74 Å². The second kappa shape index (κ2) is 5.86. The van der Waals surface area contributed by atoms with Crippen molar-refractivity contribution in [2.24, 2.45) is 5.92 Å². The number of benzene rings is 1.